The van der Waals surface area contributed by atoms with Crippen LogP contribution in [0.2, 0.25) is 0 Å². The van der Waals surface area contributed by atoms with Gasteiger partial charge in [-0.1, -0.05) is 0 Å². The first-order chi connectivity index (χ1) is 9.22. The van der Waals surface area contributed by atoms with Gasteiger partial charge in [-0.2, -0.15) is 0 Å². The topological polar surface area (TPSA) is 64.1 Å². The second-order valence-corrected chi connectivity index (χ2v) is 5.49. The van der Waals surface area contributed by atoms with Crippen molar-refractivity contribution in [2.45, 2.75) is 36.8 Å². The van der Waals surface area contributed by atoms with Gasteiger partial charge in [0.1, 0.15) is 17.2 Å². The Bertz CT molecular complexity index is 434. The van der Waals surface area contributed by atoms with Crippen LogP contribution in [-0.4, -0.2) is 35.3 Å². The molecular weight excluding hydrogens is 262 g/mol. The molecule has 0 bridgehead atoms. The number of nitrogens with one attached hydrogen (secondary N) is 1. The van der Waals surface area contributed by atoms with Gasteiger partial charge in [-0.3, -0.25) is 4.79 Å². The number of thioether (sulfide) groups is 1. The number of nitrogens with zero attached hydrogens (tertiary/aromatic N) is 2. The summed E-state index contributed by atoms with van der Waals surface area (Å²) in [4.78, 5) is 19.8. The van der Waals surface area contributed by atoms with Gasteiger partial charge in [-0.05, 0) is 31.9 Å². The van der Waals surface area contributed by atoms with Crippen molar-refractivity contribution in [2.75, 3.05) is 18.7 Å². The van der Waals surface area contributed by atoms with Crippen LogP contribution < -0.4 is 5.32 Å². The van der Waals surface area contributed by atoms with Crippen LogP contribution in [0.3, 0.4) is 0 Å². The monoisotopic (exact) mass is 281 g/mol. The Morgan fingerprint density at radius 1 is 1.37 bits per heavy atom. The maximum atomic E-state index is 11.4. The molecule has 0 amide bonds. The van der Waals surface area contributed by atoms with Crippen molar-refractivity contribution in [3.63, 3.8) is 0 Å². The van der Waals surface area contributed by atoms with Crippen molar-refractivity contribution in [3.05, 3.63) is 12.4 Å². The third-order valence-corrected chi connectivity index (χ3v) is 4.11. The van der Waals surface area contributed by atoms with Crippen LogP contribution in [0, 0.1) is 5.92 Å². The van der Waals surface area contributed by atoms with Crippen LogP contribution in [0.5, 0.6) is 0 Å². The SMILES string of the molecule is COC(=O)C1CCC(Nc2cc(SC)ncn2)CC1. The van der Waals surface area contributed by atoms with Crippen LogP contribution in [0.4, 0.5) is 5.82 Å². The highest BCUT2D eigenvalue weighted by Crippen LogP contribution is 2.27. The molecule has 104 valence electrons. The molecule has 1 N–H and O–H groups in total. The zero-order chi connectivity index (χ0) is 13.7. The molecule has 1 saturated carbocycles. The van der Waals surface area contributed by atoms with Crippen molar-refractivity contribution in [1.82, 2.24) is 9.97 Å². The Hall–Kier alpha value is -1.30. The Labute approximate surface area is 117 Å². The molecule has 0 atom stereocenters. The molecule has 1 aliphatic carbocycles. The van der Waals surface area contributed by atoms with Gasteiger partial charge < -0.3 is 10.1 Å². The van der Waals surface area contributed by atoms with Gasteiger partial charge in [0.25, 0.3) is 0 Å². The third-order valence-electron chi connectivity index (χ3n) is 3.46. The molecule has 1 aliphatic rings. The average Bonchev–Trinajstić information content (AvgIpc) is 2.47. The molecule has 1 aromatic rings. The molecule has 0 saturated heterocycles. The summed E-state index contributed by atoms with van der Waals surface area (Å²) in [6.07, 6.45) is 7.27. The maximum absolute atomic E-state index is 11.4. The average molecular weight is 281 g/mol. The lowest BCUT2D eigenvalue weighted by molar-refractivity contribution is -0.146. The molecule has 1 aromatic heterocycles. The van der Waals surface area contributed by atoms with Crippen molar-refractivity contribution >= 4 is 23.5 Å². The lowest BCUT2D eigenvalue weighted by Crippen LogP contribution is -2.30. The van der Waals surface area contributed by atoms with E-state index in [0.717, 1.165) is 36.5 Å². The van der Waals surface area contributed by atoms with Gasteiger partial charge in [0.2, 0.25) is 0 Å². The fourth-order valence-corrected chi connectivity index (χ4v) is 2.76. The highest BCUT2D eigenvalue weighted by atomic mass is 32.2. The van der Waals surface area contributed by atoms with E-state index in [1.165, 1.54) is 7.11 Å². The highest BCUT2D eigenvalue weighted by molar-refractivity contribution is 7.98. The summed E-state index contributed by atoms with van der Waals surface area (Å²) >= 11 is 1.60. The summed E-state index contributed by atoms with van der Waals surface area (Å²) in [5, 5.41) is 4.38. The third kappa shape index (κ3) is 3.83. The summed E-state index contributed by atoms with van der Waals surface area (Å²) in [7, 11) is 1.46. The largest absolute Gasteiger partial charge is 0.469 e. The molecule has 0 unspecified atom stereocenters. The van der Waals surface area contributed by atoms with Gasteiger partial charge >= 0.3 is 5.97 Å². The summed E-state index contributed by atoms with van der Waals surface area (Å²) < 4.78 is 4.79. The number of hydrogen-bond donors (Lipinski definition) is 1. The quantitative estimate of drug-likeness (QED) is 0.519. The minimum atomic E-state index is -0.0786. The first-order valence-corrected chi connectivity index (χ1v) is 7.65. The number of ether oxygens (including phenoxy) is 1. The van der Waals surface area contributed by atoms with Crippen molar-refractivity contribution < 1.29 is 9.53 Å². The van der Waals surface area contributed by atoms with Gasteiger partial charge in [-0.15, -0.1) is 11.8 Å². The van der Waals surface area contributed by atoms with E-state index in [1.54, 1.807) is 18.1 Å². The second-order valence-electron chi connectivity index (χ2n) is 4.66. The van der Waals surface area contributed by atoms with Crippen LogP contribution in [0.1, 0.15) is 25.7 Å². The Morgan fingerprint density at radius 3 is 2.74 bits per heavy atom. The number of rotatable bonds is 4. The normalized spacial score (nSPS) is 22.8. The number of carbonyl (C=O) groups is 1. The molecule has 2 rings (SSSR count). The van der Waals surface area contributed by atoms with Gasteiger partial charge in [0.15, 0.2) is 0 Å². The standard InChI is InChI=1S/C13H19N3O2S/c1-18-13(17)9-3-5-10(6-4-9)16-11-7-12(19-2)15-8-14-11/h7-10H,3-6H2,1-2H3,(H,14,15,16). The minimum Gasteiger partial charge on any atom is -0.469 e. The lowest BCUT2D eigenvalue weighted by Gasteiger charge is -2.27. The van der Waals surface area contributed by atoms with Crippen LogP contribution in [0.15, 0.2) is 17.4 Å². The molecule has 0 spiro atoms. The zero-order valence-corrected chi connectivity index (χ0v) is 12.1. The zero-order valence-electron chi connectivity index (χ0n) is 11.3. The Balaban J connectivity index is 1.86. The van der Waals surface area contributed by atoms with Crippen molar-refractivity contribution in [2.24, 2.45) is 5.92 Å². The Kier molecular flexibility index (Phi) is 5.01. The van der Waals surface area contributed by atoms with Crippen LogP contribution >= 0.6 is 11.8 Å². The number of hydrogen-bond acceptors (Lipinski definition) is 6. The lowest BCUT2D eigenvalue weighted by atomic mass is 9.86. The number of esters is 1. The number of methoxy groups -OCH3 is 1. The van der Waals surface area contributed by atoms with Crippen molar-refractivity contribution in [3.8, 4) is 0 Å². The van der Waals surface area contributed by atoms with Crippen molar-refractivity contribution in [1.29, 1.82) is 0 Å². The van der Waals surface area contributed by atoms with E-state index in [1.807, 2.05) is 12.3 Å². The molecule has 6 heteroatoms. The first-order valence-electron chi connectivity index (χ1n) is 6.43. The van der Waals surface area contributed by atoms with Crippen LogP contribution in [-0.2, 0) is 9.53 Å². The van der Waals surface area contributed by atoms with E-state index in [-0.39, 0.29) is 11.9 Å². The summed E-state index contributed by atoms with van der Waals surface area (Å²) in [5.74, 6) is 0.848. The minimum absolute atomic E-state index is 0.0650. The number of carbonyl (C=O) groups excluding carboxylic acids is 1. The van der Waals surface area contributed by atoms with Crippen LogP contribution in [0.25, 0.3) is 0 Å². The second kappa shape index (κ2) is 6.75. The predicted octanol–water partition coefficient (Wildman–Crippen LogP) is 2.34. The van der Waals surface area contributed by atoms with E-state index in [9.17, 15) is 4.79 Å². The highest BCUT2D eigenvalue weighted by Gasteiger charge is 2.26. The molecule has 5 nitrogen and oxygen atoms in total. The van der Waals surface area contributed by atoms with Gasteiger partial charge in [-0.25, -0.2) is 9.97 Å². The summed E-state index contributed by atoms with van der Waals surface area (Å²) in [6, 6.07) is 2.34. The molecule has 1 fully saturated rings. The van der Waals surface area contributed by atoms with E-state index < -0.39 is 0 Å². The molecule has 0 aromatic carbocycles. The molecular formula is C13H19N3O2S. The molecule has 19 heavy (non-hydrogen) atoms. The molecule has 1 heterocycles. The van der Waals surface area contributed by atoms with E-state index >= 15 is 0 Å². The fraction of sp³-hybridized carbons (Fsp3) is 0.615. The number of aromatic nitrogens is 2. The smallest absolute Gasteiger partial charge is 0.308 e. The fourth-order valence-electron chi connectivity index (χ4n) is 2.38. The predicted molar refractivity (Wildman–Crippen MR) is 75.2 cm³/mol. The van der Waals surface area contributed by atoms with E-state index in [4.69, 9.17) is 4.74 Å². The Morgan fingerprint density at radius 2 is 2.11 bits per heavy atom. The molecule has 0 radical (unpaired) electrons. The van der Waals surface area contributed by atoms with Gasteiger partial charge in [0.05, 0.1) is 13.0 Å². The van der Waals surface area contributed by atoms with E-state index in [2.05, 4.69) is 15.3 Å². The molecule has 0 aliphatic heterocycles. The van der Waals surface area contributed by atoms with E-state index in [0.29, 0.717) is 6.04 Å². The number of anilines is 1. The summed E-state index contributed by atoms with van der Waals surface area (Å²) in [6.45, 7) is 0. The van der Waals surface area contributed by atoms with Gasteiger partial charge in [0, 0.05) is 12.1 Å². The first kappa shape index (κ1) is 14.1. The maximum Gasteiger partial charge on any atom is 0.308 e. The summed E-state index contributed by atoms with van der Waals surface area (Å²) in [5.41, 5.74) is 0.